The number of aromatic amines is 1. The summed E-state index contributed by atoms with van der Waals surface area (Å²) in [6.07, 6.45) is 0. The van der Waals surface area contributed by atoms with E-state index in [1.54, 1.807) is 13.8 Å². The summed E-state index contributed by atoms with van der Waals surface area (Å²) in [6.45, 7) is 6.40. The van der Waals surface area contributed by atoms with E-state index in [1.165, 1.54) is 11.1 Å². The van der Waals surface area contributed by atoms with Gasteiger partial charge in [-0.25, -0.2) is 5.10 Å². The van der Waals surface area contributed by atoms with E-state index in [2.05, 4.69) is 15.5 Å². The number of likely N-dealkylation sites (N-methyl/N-ethyl adjacent to an activating group) is 1. The van der Waals surface area contributed by atoms with Crippen molar-refractivity contribution in [3.05, 3.63) is 57.2 Å². The van der Waals surface area contributed by atoms with Crippen LogP contribution in [0, 0.1) is 20.8 Å². The van der Waals surface area contributed by atoms with Crippen LogP contribution in [-0.4, -0.2) is 34.6 Å². The van der Waals surface area contributed by atoms with Gasteiger partial charge in [-0.05, 0) is 38.9 Å². The van der Waals surface area contributed by atoms with Crippen LogP contribution >= 0.6 is 0 Å². The Morgan fingerprint density at radius 2 is 1.96 bits per heavy atom. The summed E-state index contributed by atoms with van der Waals surface area (Å²) in [5.74, 6) is 0.476. The average molecular weight is 354 g/mol. The molecule has 2 aromatic heterocycles. The van der Waals surface area contributed by atoms with Crippen molar-refractivity contribution in [2.45, 2.75) is 27.3 Å². The van der Waals surface area contributed by atoms with Gasteiger partial charge in [0.25, 0.3) is 5.56 Å². The molecule has 2 N–H and O–H groups in total. The number of carbonyl (C=O) groups is 1. The zero-order valence-corrected chi connectivity index (χ0v) is 15.3. The molecule has 0 aliphatic carbocycles. The maximum Gasteiger partial charge on any atom is 0.277 e. The lowest BCUT2D eigenvalue weighted by Crippen LogP contribution is -2.30. The summed E-state index contributed by atoms with van der Waals surface area (Å²) >= 11 is 0. The number of nitrogens with one attached hydrogen (secondary N) is 2. The Kier molecular flexibility index (Phi) is 4.90. The van der Waals surface area contributed by atoms with Crippen molar-refractivity contribution in [3.8, 4) is 0 Å². The molecule has 0 saturated carbocycles. The second kappa shape index (κ2) is 7.13. The van der Waals surface area contributed by atoms with Crippen molar-refractivity contribution in [2.24, 2.45) is 0 Å². The van der Waals surface area contributed by atoms with Crippen LogP contribution in [0.2, 0.25) is 0 Å². The highest BCUT2D eigenvalue weighted by molar-refractivity contribution is 6.01. The van der Waals surface area contributed by atoms with Crippen LogP contribution in [0.15, 0.2) is 33.5 Å². The molecule has 0 spiro atoms. The number of hydrogen-bond donors (Lipinski definition) is 2. The third-order valence-corrected chi connectivity index (χ3v) is 4.37. The zero-order valence-electron chi connectivity index (χ0n) is 15.3. The van der Waals surface area contributed by atoms with Crippen molar-refractivity contribution in [3.63, 3.8) is 0 Å². The largest absolute Gasteiger partial charge is 0.444 e. The minimum Gasteiger partial charge on any atom is -0.444 e. The number of hydrogen-bond acceptors (Lipinski definition) is 5. The van der Waals surface area contributed by atoms with Crippen molar-refractivity contribution in [2.75, 3.05) is 18.9 Å². The predicted octanol–water partition coefficient (Wildman–Crippen LogP) is 2.51. The summed E-state index contributed by atoms with van der Waals surface area (Å²) in [7, 11) is 1.87. The topological polar surface area (TPSA) is 91.2 Å². The van der Waals surface area contributed by atoms with Gasteiger partial charge in [-0.3, -0.25) is 19.8 Å². The van der Waals surface area contributed by atoms with Gasteiger partial charge in [0.2, 0.25) is 11.8 Å². The lowest BCUT2D eigenvalue weighted by Gasteiger charge is -2.17. The summed E-state index contributed by atoms with van der Waals surface area (Å²) in [5.41, 5.74) is 2.62. The third-order valence-electron chi connectivity index (χ3n) is 4.37. The number of aryl methyl sites for hydroxylation is 3. The molecule has 0 atom stereocenters. The molecular weight excluding hydrogens is 332 g/mol. The first-order chi connectivity index (χ1) is 12.4. The highest BCUT2D eigenvalue weighted by atomic mass is 16.4. The molecule has 7 heteroatoms. The molecule has 0 aliphatic heterocycles. The SMILES string of the molecule is Cc1ccccc1CN(C)CC(=O)Nc1oc(C)c2c(C)n[nH]c(=O)c12. The van der Waals surface area contributed by atoms with Gasteiger partial charge in [0, 0.05) is 6.54 Å². The molecule has 3 rings (SSSR count). The van der Waals surface area contributed by atoms with Gasteiger partial charge in [-0.2, -0.15) is 5.10 Å². The fourth-order valence-corrected chi connectivity index (χ4v) is 3.08. The molecule has 2 heterocycles. The number of H-pyrrole nitrogens is 1. The molecule has 136 valence electrons. The van der Waals surface area contributed by atoms with Gasteiger partial charge < -0.3 is 4.42 Å². The first-order valence-electron chi connectivity index (χ1n) is 8.38. The minimum atomic E-state index is -0.383. The van der Waals surface area contributed by atoms with E-state index in [1.807, 2.05) is 43.1 Å². The van der Waals surface area contributed by atoms with Crippen LogP contribution in [-0.2, 0) is 11.3 Å². The first-order valence-corrected chi connectivity index (χ1v) is 8.38. The average Bonchev–Trinajstić information content (AvgIpc) is 2.90. The van der Waals surface area contributed by atoms with Crippen LogP contribution in [0.3, 0.4) is 0 Å². The molecule has 1 amide bonds. The molecule has 7 nitrogen and oxygen atoms in total. The maximum atomic E-state index is 12.4. The molecule has 3 aromatic rings. The van der Waals surface area contributed by atoms with Crippen LogP contribution in [0.4, 0.5) is 5.88 Å². The van der Waals surface area contributed by atoms with Gasteiger partial charge >= 0.3 is 0 Å². The lowest BCUT2D eigenvalue weighted by molar-refractivity contribution is -0.117. The minimum absolute atomic E-state index is 0.165. The summed E-state index contributed by atoms with van der Waals surface area (Å²) in [4.78, 5) is 26.4. The van der Waals surface area contributed by atoms with Crippen LogP contribution in [0.25, 0.3) is 10.8 Å². The quantitative estimate of drug-likeness (QED) is 0.735. The molecule has 0 saturated heterocycles. The summed E-state index contributed by atoms with van der Waals surface area (Å²) in [5, 5.41) is 10.0. The molecule has 0 aliphatic rings. The Morgan fingerprint density at radius 1 is 1.23 bits per heavy atom. The molecule has 1 aromatic carbocycles. The number of carbonyl (C=O) groups excluding carboxylic acids is 1. The monoisotopic (exact) mass is 354 g/mol. The Bertz CT molecular complexity index is 1020. The molecule has 26 heavy (non-hydrogen) atoms. The zero-order chi connectivity index (χ0) is 18.8. The highest BCUT2D eigenvalue weighted by Gasteiger charge is 2.19. The van der Waals surface area contributed by atoms with E-state index in [0.29, 0.717) is 28.8 Å². The van der Waals surface area contributed by atoms with E-state index in [9.17, 15) is 9.59 Å². The number of fused-ring (bicyclic) bond motifs is 1. The number of aromatic nitrogens is 2. The second-order valence-electron chi connectivity index (χ2n) is 6.52. The second-order valence-corrected chi connectivity index (χ2v) is 6.52. The van der Waals surface area contributed by atoms with Crippen molar-refractivity contribution in [1.29, 1.82) is 0 Å². The van der Waals surface area contributed by atoms with E-state index >= 15 is 0 Å². The molecule has 0 radical (unpaired) electrons. The van der Waals surface area contributed by atoms with Crippen LogP contribution in [0.5, 0.6) is 0 Å². The van der Waals surface area contributed by atoms with Gasteiger partial charge in [-0.1, -0.05) is 24.3 Å². The van der Waals surface area contributed by atoms with E-state index in [0.717, 1.165) is 0 Å². The van der Waals surface area contributed by atoms with Crippen molar-refractivity contribution in [1.82, 2.24) is 15.1 Å². The Morgan fingerprint density at radius 3 is 2.69 bits per heavy atom. The highest BCUT2D eigenvalue weighted by Crippen LogP contribution is 2.28. The van der Waals surface area contributed by atoms with Gasteiger partial charge in [-0.15, -0.1) is 0 Å². The number of nitrogens with zero attached hydrogens (tertiary/aromatic N) is 2. The Balaban J connectivity index is 1.75. The molecule has 0 bridgehead atoms. The molecule has 0 unspecified atom stereocenters. The molecule has 0 fully saturated rings. The third kappa shape index (κ3) is 3.52. The maximum absolute atomic E-state index is 12.4. The van der Waals surface area contributed by atoms with Crippen molar-refractivity contribution < 1.29 is 9.21 Å². The van der Waals surface area contributed by atoms with Gasteiger partial charge in [0.1, 0.15) is 11.1 Å². The summed E-state index contributed by atoms with van der Waals surface area (Å²) in [6, 6.07) is 8.06. The predicted molar refractivity (Wildman–Crippen MR) is 100 cm³/mol. The Labute approximate surface area is 151 Å². The Hall–Kier alpha value is -2.93. The molecular formula is C19H22N4O3. The van der Waals surface area contributed by atoms with E-state index in [4.69, 9.17) is 4.42 Å². The normalized spacial score (nSPS) is 11.3. The number of rotatable bonds is 5. The van der Waals surface area contributed by atoms with Crippen LogP contribution < -0.4 is 10.9 Å². The standard InChI is InChI=1S/C19H22N4O3/c1-11-7-5-6-8-14(11)9-23(4)10-15(24)20-19-17-16(13(3)26-19)12(2)21-22-18(17)25/h5-8H,9-10H2,1-4H3,(H,20,24)(H,22,25). The number of furan rings is 1. The fourth-order valence-electron chi connectivity index (χ4n) is 3.08. The summed E-state index contributed by atoms with van der Waals surface area (Å²) < 4.78 is 5.61. The van der Waals surface area contributed by atoms with Crippen LogP contribution in [0.1, 0.15) is 22.6 Å². The van der Waals surface area contributed by atoms with Gasteiger partial charge in [0.05, 0.1) is 17.6 Å². The lowest BCUT2D eigenvalue weighted by atomic mass is 10.1. The number of benzene rings is 1. The smallest absolute Gasteiger partial charge is 0.277 e. The first kappa shape index (κ1) is 17.9. The number of anilines is 1. The van der Waals surface area contributed by atoms with Gasteiger partial charge in [0.15, 0.2) is 0 Å². The fraction of sp³-hybridized carbons (Fsp3) is 0.316. The number of amides is 1. The van der Waals surface area contributed by atoms with E-state index < -0.39 is 0 Å². The van der Waals surface area contributed by atoms with E-state index in [-0.39, 0.29) is 23.9 Å². The van der Waals surface area contributed by atoms with Crippen molar-refractivity contribution >= 4 is 22.6 Å².